The topological polar surface area (TPSA) is 18.5 Å². The summed E-state index contributed by atoms with van der Waals surface area (Å²) in [7, 11) is 2.28. The number of piperazine rings is 1. The molecule has 2 atom stereocenters. The Hall–Kier alpha value is -0.120. The maximum Gasteiger partial charge on any atom is 0.0130 e. The van der Waals surface area contributed by atoms with Gasteiger partial charge < -0.3 is 15.1 Å². The summed E-state index contributed by atoms with van der Waals surface area (Å²) in [5, 5.41) is 3.42. The summed E-state index contributed by atoms with van der Waals surface area (Å²) in [5.41, 5.74) is 0. The van der Waals surface area contributed by atoms with Crippen molar-refractivity contribution in [2.45, 2.75) is 25.8 Å². The molecule has 88 valence electrons. The lowest BCUT2D eigenvalue weighted by Gasteiger charge is -2.32. The van der Waals surface area contributed by atoms with Gasteiger partial charge in [-0.3, -0.25) is 0 Å². The zero-order valence-corrected chi connectivity index (χ0v) is 10.2. The maximum absolute atomic E-state index is 3.42. The van der Waals surface area contributed by atoms with Crippen molar-refractivity contribution < 1.29 is 0 Å². The first-order valence-corrected chi connectivity index (χ1v) is 6.44. The lowest BCUT2D eigenvalue weighted by atomic mass is 9.97. The Morgan fingerprint density at radius 2 is 1.93 bits per heavy atom. The Kier molecular flexibility index (Phi) is 4.00. The molecular formula is C12H25N3. The molecule has 0 bridgehead atoms. The Morgan fingerprint density at radius 1 is 1.20 bits per heavy atom. The van der Waals surface area contributed by atoms with Gasteiger partial charge in [0.1, 0.15) is 0 Å². The van der Waals surface area contributed by atoms with Gasteiger partial charge in [-0.1, -0.05) is 6.92 Å². The van der Waals surface area contributed by atoms with Crippen LogP contribution in [0, 0.1) is 5.92 Å². The van der Waals surface area contributed by atoms with Crippen LogP contribution in [0.2, 0.25) is 0 Å². The van der Waals surface area contributed by atoms with Crippen molar-refractivity contribution >= 4 is 0 Å². The van der Waals surface area contributed by atoms with Crippen LogP contribution in [0.4, 0.5) is 0 Å². The highest BCUT2D eigenvalue weighted by atomic mass is 15.2. The van der Waals surface area contributed by atoms with Crippen LogP contribution in [0.15, 0.2) is 0 Å². The van der Waals surface area contributed by atoms with E-state index in [0.29, 0.717) is 0 Å². The van der Waals surface area contributed by atoms with Crippen molar-refractivity contribution in [1.82, 2.24) is 15.1 Å². The zero-order valence-electron chi connectivity index (χ0n) is 10.2. The van der Waals surface area contributed by atoms with Gasteiger partial charge in [0.05, 0.1) is 0 Å². The molecule has 0 spiro atoms. The van der Waals surface area contributed by atoms with Gasteiger partial charge in [0.15, 0.2) is 0 Å². The minimum Gasteiger partial charge on any atom is -0.314 e. The summed E-state index contributed by atoms with van der Waals surface area (Å²) in [4.78, 5) is 5.19. The molecule has 1 N–H and O–H groups in total. The molecule has 0 aliphatic carbocycles. The molecule has 2 heterocycles. The van der Waals surface area contributed by atoms with Crippen molar-refractivity contribution in [3.63, 3.8) is 0 Å². The maximum atomic E-state index is 3.42. The molecule has 3 nitrogen and oxygen atoms in total. The first kappa shape index (κ1) is 11.4. The fourth-order valence-electron chi connectivity index (χ4n) is 3.17. The van der Waals surface area contributed by atoms with Crippen molar-refractivity contribution in [3.8, 4) is 0 Å². The van der Waals surface area contributed by atoms with E-state index in [4.69, 9.17) is 0 Å². The second-order valence-corrected chi connectivity index (χ2v) is 5.06. The van der Waals surface area contributed by atoms with E-state index >= 15 is 0 Å². The second-order valence-electron chi connectivity index (χ2n) is 5.06. The van der Waals surface area contributed by atoms with E-state index in [9.17, 15) is 0 Å². The van der Waals surface area contributed by atoms with E-state index in [1.54, 1.807) is 0 Å². The Bertz CT molecular complexity index is 189. The van der Waals surface area contributed by atoms with Crippen LogP contribution in [0.5, 0.6) is 0 Å². The van der Waals surface area contributed by atoms with E-state index in [-0.39, 0.29) is 0 Å². The molecule has 15 heavy (non-hydrogen) atoms. The molecule has 3 heteroatoms. The fourth-order valence-corrected chi connectivity index (χ4v) is 3.17. The predicted octanol–water partition coefficient (Wildman–Crippen LogP) is 0.622. The molecule has 0 amide bonds. The smallest absolute Gasteiger partial charge is 0.0130 e. The molecule has 2 saturated heterocycles. The third-order valence-corrected chi connectivity index (χ3v) is 4.08. The normalized spacial score (nSPS) is 34.8. The summed E-state index contributed by atoms with van der Waals surface area (Å²) >= 11 is 0. The summed E-state index contributed by atoms with van der Waals surface area (Å²) < 4.78 is 0. The van der Waals surface area contributed by atoms with Gasteiger partial charge in [-0.15, -0.1) is 0 Å². The number of rotatable bonds is 3. The van der Waals surface area contributed by atoms with Gasteiger partial charge in [-0.2, -0.15) is 0 Å². The van der Waals surface area contributed by atoms with Crippen LogP contribution in [0.3, 0.4) is 0 Å². The lowest BCUT2D eigenvalue weighted by molar-refractivity contribution is 0.174. The van der Waals surface area contributed by atoms with Gasteiger partial charge in [-0.05, 0) is 32.4 Å². The number of hydrogen-bond acceptors (Lipinski definition) is 3. The van der Waals surface area contributed by atoms with Crippen LogP contribution in [0.25, 0.3) is 0 Å². The molecule has 0 aromatic heterocycles. The molecule has 2 fully saturated rings. The molecule has 0 radical (unpaired) electrons. The van der Waals surface area contributed by atoms with E-state index in [1.807, 2.05) is 0 Å². The highest BCUT2D eigenvalue weighted by Crippen LogP contribution is 2.26. The van der Waals surface area contributed by atoms with E-state index in [0.717, 1.165) is 12.0 Å². The van der Waals surface area contributed by atoms with E-state index in [2.05, 4.69) is 29.1 Å². The van der Waals surface area contributed by atoms with Crippen molar-refractivity contribution in [1.29, 1.82) is 0 Å². The molecule has 2 aliphatic heterocycles. The monoisotopic (exact) mass is 211 g/mol. The molecule has 0 unspecified atom stereocenters. The quantitative estimate of drug-likeness (QED) is 0.738. The molecule has 0 saturated carbocycles. The number of nitrogens with zero attached hydrogens (tertiary/aromatic N) is 2. The van der Waals surface area contributed by atoms with Gasteiger partial charge in [-0.25, -0.2) is 0 Å². The lowest BCUT2D eigenvalue weighted by Crippen LogP contribution is -2.46. The molecule has 0 aromatic rings. The Balaban J connectivity index is 1.82. The van der Waals surface area contributed by atoms with Crippen LogP contribution >= 0.6 is 0 Å². The van der Waals surface area contributed by atoms with Crippen LogP contribution in [0.1, 0.15) is 19.8 Å². The van der Waals surface area contributed by atoms with E-state index in [1.165, 1.54) is 52.1 Å². The second kappa shape index (κ2) is 5.28. The number of hydrogen-bond donors (Lipinski definition) is 1. The minimum absolute atomic E-state index is 0.833. The van der Waals surface area contributed by atoms with Crippen molar-refractivity contribution in [2.24, 2.45) is 5.92 Å². The third-order valence-electron chi connectivity index (χ3n) is 4.08. The molecular weight excluding hydrogens is 186 g/mol. The molecule has 2 rings (SSSR count). The largest absolute Gasteiger partial charge is 0.314 e. The first-order chi connectivity index (χ1) is 7.31. The average molecular weight is 211 g/mol. The summed E-state index contributed by atoms with van der Waals surface area (Å²) in [6, 6.07) is 0.833. The zero-order chi connectivity index (χ0) is 10.7. The van der Waals surface area contributed by atoms with Gasteiger partial charge in [0.2, 0.25) is 0 Å². The van der Waals surface area contributed by atoms with Gasteiger partial charge in [0.25, 0.3) is 0 Å². The predicted molar refractivity (Wildman–Crippen MR) is 64.1 cm³/mol. The standard InChI is InChI=1S/C12H25N3/c1-3-12-11(4-7-14(12)2)10-15-8-5-13-6-9-15/h11-13H,3-10H2,1-2H3/t11-,12-/m0/s1. The Labute approximate surface area is 93.8 Å². The van der Waals surface area contributed by atoms with Crippen molar-refractivity contribution in [2.75, 3.05) is 46.3 Å². The molecule has 2 aliphatic rings. The van der Waals surface area contributed by atoms with Crippen LogP contribution in [-0.2, 0) is 0 Å². The van der Waals surface area contributed by atoms with Crippen molar-refractivity contribution in [3.05, 3.63) is 0 Å². The Morgan fingerprint density at radius 3 is 2.60 bits per heavy atom. The summed E-state index contributed by atoms with van der Waals surface area (Å²) in [5.74, 6) is 0.915. The first-order valence-electron chi connectivity index (χ1n) is 6.44. The average Bonchev–Trinajstić information content (AvgIpc) is 2.61. The minimum atomic E-state index is 0.833. The number of nitrogens with one attached hydrogen (secondary N) is 1. The highest BCUT2D eigenvalue weighted by Gasteiger charge is 2.31. The summed E-state index contributed by atoms with van der Waals surface area (Å²) in [6.07, 6.45) is 2.71. The molecule has 0 aromatic carbocycles. The van der Waals surface area contributed by atoms with Gasteiger partial charge in [0, 0.05) is 38.8 Å². The number of likely N-dealkylation sites (tertiary alicyclic amines) is 1. The van der Waals surface area contributed by atoms with Crippen LogP contribution < -0.4 is 5.32 Å². The fraction of sp³-hybridized carbons (Fsp3) is 1.00. The third kappa shape index (κ3) is 2.71. The van der Waals surface area contributed by atoms with Gasteiger partial charge >= 0.3 is 0 Å². The van der Waals surface area contributed by atoms with Crippen LogP contribution in [-0.4, -0.2) is 62.2 Å². The highest BCUT2D eigenvalue weighted by molar-refractivity contribution is 4.86. The van der Waals surface area contributed by atoms with E-state index < -0.39 is 0 Å². The summed E-state index contributed by atoms with van der Waals surface area (Å²) in [6.45, 7) is 9.81. The SMILES string of the molecule is CC[C@H]1[C@H](CN2CCNCC2)CCN1C.